The number of carbonyl (C=O) groups is 2. The summed E-state index contributed by atoms with van der Waals surface area (Å²) < 4.78 is 42.4. The van der Waals surface area contributed by atoms with E-state index in [1.54, 1.807) is 13.8 Å². The van der Waals surface area contributed by atoms with Gasteiger partial charge in [-0.3, -0.25) is 9.59 Å². The molecule has 0 aliphatic carbocycles. The lowest BCUT2D eigenvalue weighted by atomic mass is 10.1. The monoisotopic (exact) mass is 492 g/mol. The lowest BCUT2D eigenvalue weighted by Crippen LogP contribution is -2.53. The Bertz CT molecular complexity index is 1090. The maximum absolute atomic E-state index is 14.6. The Morgan fingerprint density at radius 3 is 2.18 bits per heavy atom. The highest BCUT2D eigenvalue weighted by Crippen LogP contribution is 2.24. The van der Waals surface area contributed by atoms with Crippen molar-refractivity contribution < 1.29 is 22.4 Å². The van der Waals surface area contributed by atoms with Crippen LogP contribution in [0.4, 0.5) is 10.1 Å². The third-order valence-corrected chi connectivity index (χ3v) is 7.16. The standard InChI is InChI=1S/C24H33FN4O4S/c1-6-21(24(31)26-7-2)28(16-19-14-12-18(3)13-15-19)23(30)17-29(34(32,33)27(4)5)22-11-9-8-10-20(22)25/h8-15,21H,6-7,16-17H2,1-5H3,(H,26,31). The summed E-state index contributed by atoms with van der Waals surface area (Å²) in [6.07, 6.45) is 0.323. The molecule has 0 bridgehead atoms. The summed E-state index contributed by atoms with van der Waals surface area (Å²) in [7, 11) is -1.59. The van der Waals surface area contributed by atoms with Gasteiger partial charge in [0.2, 0.25) is 11.8 Å². The van der Waals surface area contributed by atoms with Crippen LogP contribution in [0.2, 0.25) is 0 Å². The molecule has 1 N–H and O–H groups in total. The first-order chi connectivity index (χ1) is 16.0. The largest absolute Gasteiger partial charge is 0.355 e. The summed E-state index contributed by atoms with van der Waals surface area (Å²) in [5, 5.41) is 2.74. The first-order valence-corrected chi connectivity index (χ1v) is 12.5. The van der Waals surface area contributed by atoms with Crippen LogP contribution >= 0.6 is 0 Å². The summed E-state index contributed by atoms with van der Waals surface area (Å²) in [5.74, 6) is -1.73. The van der Waals surface area contributed by atoms with Crippen LogP contribution in [-0.2, 0) is 26.3 Å². The number of para-hydroxylation sites is 1. The van der Waals surface area contributed by atoms with Gasteiger partial charge in [-0.05, 0) is 38.0 Å². The van der Waals surface area contributed by atoms with Crippen molar-refractivity contribution in [3.8, 4) is 0 Å². The zero-order chi connectivity index (χ0) is 25.5. The lowest BCUT2D eigenvalue weighted by Gasteiger charge is -2.34. The first kappa shape index (κ1) is 27.3. The van der Waals surface area contributed by atoms with E-state index in [1.807, 2.05) is 31.2 Å². The van der Waals surface area contributed by atoms with E-state index in [-0.39, 0.29) is 18.1 Å². The van der Waals surface area contributed by atoms with Gasteiger partial charge in [-0.2, -0.15) is 12.7 Å². The highest BCUT2D eigenvalue weighted by atomic mass is 32.2. The minimum atomic E-state index is -4.21. The van der Waals surface area contributed by atoms with Gasteiger partial charge in [0.15, 0.2) is 0 Å². The lowest BCUT2D eigenvalue weighted by molar-refractivity contribution is -0.140. The maximum atomic E-state index is 14.6. The fourth-order valence-electron chi connectivity index (χ4n) is 3.46. The molecule has 0 saturated carbocycles. The van der Waals surface area contributed by atoms with E-state index in [4.69, 9.17) is 0 Å². The van der Waals surface area contributed by atoms with Crippen LogP contribution in [0.3, 0.4) is 0 Å². The Labute approximate surface area is 201 Å². The van der Waals surface area contributed by atoms with Crippen LogP contribution in [0.1, 0.15) is 31.4 Å². The smallest absolute Gasteiger partial charge is 0.304 e. The van der Waals surface area contributed by atoms with E-state index < -0.39 is 34.5 Å². The van der Waals surface area contributed by atoms with Gasteiger partial charge in [-0.1, -0.05) is 48.9 Å². The van der Waals surface area contributed by atoms with Gasteiger partial charge in [-0.25, -0.2) is 8.70 Å². The third-order valence-electron chi connectivity index (χ3n) is 5.35. The van der Waals surface area contributed by atoms with Gasteiger partial charge in [-0.15, -0.1) is 0 Å². The number of anilines is 1. The number of carbonyl (C=O) groups excluding carboxylic acids is 2. The molecule has 0 heterocycles. The van der Waals surface area contributed by atoms with Crippen molar-refractivity contribution in [1.82, 2.24) is 14.5 Å². The second kappa shape index (κ2) is 11.9. The van der Waals surface area contributed by atoms with E-state index in [2.05, 4.69) is 5.32 Å². The Balaban J connectivity index is 2.50. The second-order valence-corrected chi connectivity index (χ2v) is 10.1. The van der Waals surface area contributed by atoms with Crippen molar-refractivity contribution in [2.45, 2.75) is 39.8 Å². The summed E-state index contributed by atoms with van der Waals surface area (Å²) in [6, 6.07) is 12.0. The molecule has 0 spiro atoms. The Hall–Kier alpha value is -2.98. The number of aryl methyl sites for hydroxylation is 1. The average molecular weight is 493 g/mol. The number of likely N-dealkylation sites (N-methyl/N-ethyl adjacent to an activating group) is 1. The molecule has 2 amide bonds. The number of amides is 2. The van der Waals surface area contributed by atoms with Crippen molar-refractivity contribution in [3.63, 3.8) is 0 Å². The number of nitrogens with one attached hydrogen (secondary N) is 1. The average Bonchev–Trinajstić information content (AvgIpc) is 2.79. The molecule has 0 aliphatic heterocycles. The van der Waals surface area contributed by atoms with Crippen LogP contribution < -0.4 is 9.62 Å². The van der Waals surface area contributed by atoms with Crippen LogP contribution in [0, 0.1) is 12.7 Å². The first-order valence-electron chi connectivity index (χ1n) is 11.1. The fraction of sp³-hybridized carbons (Fsp3) is 0.417. The van der Waals surface area contributed by atoms with Crippen LogP contribution in [0.25, 0.3) is 0 Å². The van der Waals surface area contributed by atoms with Crippen molar-refractivity contribution in [3.05, 3.63) is 65.5 Å². The maximum Gasteiger partial charge on any atom is 0.304 e. The molecule has 0 aromatic heterocycles. The predicted molar refractivity (Wildman–Crippen MR) is 131 cm³/mol. The van der Waals surface area contributed by atoms with E-state index in [1.165, 1.54) is 37.2 Å². The fourth-order valence-corrected chi connectivity index (χ4v) is 4.52. The van der Waals surface area contributed by atoms with E-state index in [0.717, 1.165) is 25.8 Å². The van der Waals surface area contributed by atoms with E-state index >= 15 is 0 Å². The molecule has 0 radical (unpaired) electrons. The predicted octanol–water partition coefficient (Wildman–Crippen LogP) is 2.69. The van der Waals surface area contributed by atoms with Crippen molar-refractivity contribution in [2.24, 2.45) is 0 Å². The van der Waals surface area contributed by atoms with E-state index in [0.29, 0.717) is 13.0 Å². The molecular formula is C24H33FN4O4S. The molecule has 1 atom stereocenters. The Kier molecular flexibility index (Phi) is 9.57. The molecule has 34 heavy (non-hydrogen) atoms. The van der Waals surface area contributed by atoms with E-state index in [9.17, 15) is 22.4 Å². The van der Waals surface area contributed by atoms with Gasteiger partial charge in [0.25, 0.3) is 0 Å². The van der Waals surface area contributed by atoms with Crippen LogP contribution in [0.5, 0.6) is 0 Å². The van der Waals surface area contributed by atoms with Gasteiger partial charge >= 0.3 is 10.2 Å². The van der Waals surface area contributed by atoms with Crippen molar-refractivity contribution in [1.29, 1.82) is 0 Å². The summed E-state index contributed by atoms with van der Waals surface area (Å²) in [4.78, 5) is 27.7. The molecule has 0 saturated heterocycles. The topological polar surface area (TPSA) is 90.0 Å². The third kappa shape index (κ3) is 6.54. The SMILES string of the molecule is CCNC(=O)C(CC)N(Cc1ccc(C)cc1)C(=O)CN(c1ccccc1F)S(=O)(=O)N(C)C. The minimum absolute atomic E-state index is 0.0991. The molecule has 2 aromatic rings. The second-order valence-electron chi connectivity index (χ2n) is 8.07. The molecule has 186 valence electrons. The number of benzene rings is 2. The van der Waals surface area contributed by atoms with Crippen molar-refractivity contribution in [2.75, 3.05) is 31.5 Å². The molecule has 8 nitrogen and oxygen atoms in total. The van der Waals surface area contributed by atoms with Gasteiger partial charge in [0.1, 0.15) is 18.4 Å². The molecule has 10 heteroatoms. The summed E-state index contributed by atoms with van der Waals surface area (Å²) in [6.45, 7) is 5.32. The summed E-state index contributed by atoms with van der Waals surface area (Å²) in [5.41, 5.74) is 1.58. The number of nitrogens with zero attached hydrogens (tertiary/aromatic N) is 3. The highest BCUT2D eigenvalue weighted by molar-refractivity contribution is 7.90. The van der Waals surface area contributed by atoms with Crippen molar-refractivity contribution >= 4 is 27.7 Å². The molecule has 0 aliphatic rings. The Morgan fingerprint density at radius 1 is 1.03 bits per heavy atom. The van der Waals surface area contributed by atoms with Gasteiger partial charge < -0.3 is 10.2 Å². The summed E-state index contributed by atoms with van der Waals surface area (Å²) >= 11 is 0. The molecule has 1 unspecified atom stereocenters. The normalized spacial score (nSPS) is 12.3. The number of halogens is 1. The quantitative estimate of drug-likeness (QED) is 0.522. The number of rotatable bonds is 11. The molecule has 2 aromatic carbocycles. The van der Waals surface area contributed by atoms with Gasteiger partial charge in [0.05, 0.1) is 5.69 Å². The minimum Gasteiger partial charge on any atom is -0.355 e. The molecule has 0 fully saturated rings. The number of hydrogen-bond acceptors (Lipinski definition) is 4. The zero-order valence-electron chi connectivity index (χ0n) is 20.3. The molecular weight excluding hydrogens is 459 g/mol. The highest BCUT2D eigenvalue weighted by Gasteiger charge is 2.34. The van der Waals surface area contributed by atoms with Crippen LogP contribution in [0.15, 0.2) is 48.5 Å². The van der Waals surface area contributed by atoms with Gasteiger partial charge in [0, 0.05) is 27.2 Å². The molecule has 2 rings (SSSR count). The zero-order valence-corrected chi connectivity index (χ0v) is 21.1. The number of hydrogen-bond donors (Lipinski definition) is 1. The van der Waals surface area contributed by atoms with Crippen LogP contribution in [-0.4, -0.2) is 62.7 Å². The Morgan fingerprint density at radius 2 is 1.65 bits per heavy atom.